The van der Waals surface area contributed by atoms with Gasteiger partial charge in [-0.2, -0.15) is 0 Å². The third kappa shape index (κ3) is 2.52. The molecule has 1 aromatic carbocycles. The van der Waals surface area contributed by atoms with Crippen LogP contribution in [-0.2, 0) is 13.2 Å². The van der Waals surface area contributed by atoms with E-state index in [9.17, 15) is 0 Å². The molecule has 84 valence electrons. The molecule has 0 bridgehead atoms. The Balaban J connectivity index is 2.14. The van der Waals surface area contributed by atoms with Gasteiger partial charge in [-0.05, 0) is 6.07 Å². The first-order valence-electron chi connectivity index (χ1n) is 4.69. The van der Waals surface area contributed by atoms with E-state index in [4.69, 9.17) is 21.4 Å². The van der Waals surface area contributed by atoms with E-state index in [0.717, 1.165) is 5.69 Å². The van der Waals surface area contributed by atoms with E-state index in [0.29, 0.717) is 22.9 Å². The molecule has 0 aliphatic carbocycles. The number of aromatic nitrogens is 1. The number of thiazole rings is 1. The van der Waals surface area contributed by atoms with Crippen molar-refractivity contribution in [2.75, 3.05) is 0 Å². The average molecular weight is 256 g/mol. The Bertz CT molecular complexity index is 459. The molecule has 0 aliphatic rings. The van der Waals surface area contributed by atoms with Crippen LogP contribution in [0.15, 0.2) is 29.1 Å². The monoisotopic (exact) mass is 255 g/mol. The summed E-state index contributed by atoms with van der Waals surface area (Å²) in [6, 6.07) is 5.29. The van der Waals surface area contributed by atoms with Crippen molar-refractivity contribution in [1.82, 2.24) is 4.98 Å². The molecule has 5 heteroatoms. The lowest BCUT2D eigenvalue weighted by Gasteiger charge is -2.10. The molecule has 0 radical (unpaired) electrons. The third-order valence-electron chi connectivity index (χ3n) is 2.07. The predicted octanol–water partition coefficient (Wildman–Crippen LogP) is 2.87. The van der Waals surface area contributed by atoms with E-state index in [1.165, 1.54) is 11.3 Å². The number of benzene rings is 1. The maximum atomic E-state index is 9.15. The largest absolute Gasteiger partial charge is 0.485 e. The highest BCUT2D eigenvalue weighted by Crippen LogP contribution is 2.29. The summed E-state index contributed by atoms with van der Waals surface area (Å²) >= 11 is 7.51. The van der Waals surface area contributed by atoms with Crippen molar-refractivity contribution in [3.8, 4) is 5.75 Å². The molecule has 1 heterocycles. The van der Waals surface area contributed by atoms with Gasteiger partial charge >= 0.3 is 0 Å². The van der Waals surface area contributed by atoms with Crippen LogP contribution in [0.2, 0.25) is 5.02 Å². The van der Waals surface area contributed by atoms with Gasteiger partial charge in [0.15, 0.2) is 0 Å². The lowest BCUT2D eigenvalue weighted by molar-refractivity contribution is 0.258. The fourth-order valence-corrected chi connectivity index (χ4v) is 2.09. The normalized spacial score (nSPS) is 10.4. The third-order valence-corrected chi connectivity index (χ3v) is 3.00. The van der Waals surface area contributed by atoms with Crippen molar-refractivity contribution < 1.29 is 9.84 Å². The van der Waals surface area contributed by atoms with E-state index >= 15 is 0 Å². The molecule has 0 aliphatic heterocycles. The Labute approximate surface area is 102 Å². The molecule has 0 atom stereocenters. The van der Waals surface area contributed by atoms with Crippen molar-refractivity contribution in [1.29, 1.82) is 0 Å². The maximum absolute atomic E-state index is 9.15. The van der Waals surface area contributed by atoms with Crippen molar-refractivity contribution >= 4 is 22.9 Å². The quantitative estimate of drug-likeness (QED) is 0.914. The molecule has 2 aromatic rings. The van der Waals surface area contributed by atoms with E-state index in [1.54, 1.807) is 23.7 Å². The molecule has 0 saturated heterocycles. The highest BCUT2D eigenvalue weighted by Gasteiger charge is 2.08. The molecular weight excluding hydrogens is 246 g/mol. The molecule has 0 saturated carbocycles. The molecular formula is C11H10ClNO2S. The Morgan fingerprint density at radius 3 is 3.00 bits per heavy atom. The fraction of sp³-hybridized carbons (Fsp3) is 0.182. The fourth-order valence-electron chi connectivity index (χ4n) is 1.29. The first-order chi connectivity index (χ1) is 7.81. The Kier molecular flexibility index (Phi) is 3.77. The molecule has 1 aromatic heterocycles. The van der Waals surface area contributed by atoms with Crippen LogP contribution in [0.4, 0.5) is 0 Å². The highest BCUT2D eigenvalue weighted by molar-refractivity contribution is 7.07. The Morgan fingerprint density at radius 2 is 2.31 bits per heavy atom. The zero-order valence-corrected chi connectivity index (χ0v) is 9.96. The van der Waals surface area contributed by atoms with Gasteiger partial charge in [-0.3, -0.25) is 0 Å². The van der Waals surface area contributed by atoms with E-state index in [1.807, 2.05) is 5.38 Å². The Hall–Kier alpha value is -1.10. The average Bonchev–Trinajstić information content (AvgIpc) is 2.80. The lowest BCUT2D eigenvalue weighted by atomic mass is 10.2. The molecule has 3 nitrogen and oxygen atoms in total. The number of ether oxygens (including phenoxy) is 1. The molecule has 0 unspecified atom stereocenters. The first kappa shape index (κ1) is 11.4. The molecule has 16 heavy (non-hydrogen) atoms. The number of rotatable bonds is 4. The summed E-state index contributed by atoms with van der Waals surface area (Å²) in [5, 5.41) is 11.6. The van der Waals surface area contributed by atoms with Crippen LogP contribution in [0, 0.1) is 0 Å². The van der Waals surface area contributed by atoms with Gasteiger partial charge in [0.05, 0.1) is 22.8 Å². The second-order valence-electron chi connectivity index (χ2n) is 3.15. The number of nitrogens with zero attached hydrogens (tertiary/aromatic N) is 1. The van der Waals surface area contributed by atoms with E-state index in [2.05, 4.69) is 4.98 Å². The van der Waals surface area contributed by atoms with Crippen molar-refractivity contribution in [3.05, 3.63) is 45.4 Å². The van der Waals surface area contributed by atoms with Crippen molar-refractivity contribution in [2.45, 2.75) is 13.2 Å². The SMILES string of the molecule is OCc1cccc(Cl)c1OCc1cscn1. The van der Waals surface area contributed by atoms with E-state index < -0.39 is 0 Å². The summed E-state index contributed by atoms with van der Waals surface area (Å²) in [7, 11) is 0. The summed E-state index contributed by atoms with van der Waals surface area (Å²) < 4.78 is 5.56. The maximum Gasteiger partial charge on any atom is 0.143 e. The summed E-state index contributed by atoms with van der Waals surface area (Å²) in [4.78, 5) is 4.10. The molecule has 2 rings (SSSR count). The predicted molar refractivity (Wildman–Crippen MR) is 63.8 cm³/mol. The van der Waals surface area contributed by atoms with Gasteiger partial charge in [-0.1, -0.05) is 23.7 Å². The van der Waals surface area contributed by atoms with Gasteiger partial charge in [0.2, 0.25) is 0 Å². The summed E-state index contributed by atoms with van der Waals surface area (Å²) in [6.07, 6.45) is 0. The second-order valence-corrected chi connectivity index (χ2v) is 4.28. The van der Waals surface area contributed by atoms with Crippen LogP contribution in [-0.4, -0.2) is 10.1 Å². The van der Waals surface area contributed by atoms with Gasteiger partial charge in [0.25, 0.3) is 0 Å². The first-order valence-corrected chi connectivity index (χ1v) is 6.01. The number of aliphatic hydroxyl groups is 1. The molecule has 0 amide bonds. The smallest absolute Gasteiger partial charge is 0.143 e. The zero-order valence-electron chi connectivity index (χ0n) is 8.39. The minimum absolute atomic E-state index is 0.0903. The van der Waals surface area contributed by atoms with Crippen LogP contribution in [0.3, 0.4) is 0 Å². The highest BCUT2D eigenvalue weighted by atomic mass is 35.5. The Morgan fingerprint density at radius 1 is 1.44 bits per heavy atom. The molecule has 1 N–H and O–H groups in total. The number of hydrogen-bond acceptors (Lipinski definition) is 4. The van der Waals surface area contributed by atoms with Gasteiger partial charge in [0, 0.05) is 10.9 Å². The van der Waals surface area contributed by atoms with Crippen molar-refractivity contribution in [2.24, 2.45) is 0 Å². The number of aliphatic hydroxyl groups excluding tert-OH is 1. The standard InChI is InChI=1S/C11H10ClNO2S/c12-10-3-1-2-8(4-14)11(10)15-5-9-6-16-7-13-9/h1-3,6-7,14H,4-5H2. The molecule has 0 fully saturated rings. The summed E-state index contributed by atoms with van der Waals surface area (Å²) in [6.45, 7) is 0.271. The van der Waals surface area contributed by atoms with Crippen LogP contribution < -0.4 is 4.74 Å². The van der Waals surface area contributed by atoms with Gasteiger partial charge in [-0.15, -0.1) is 11.3 Å². The van der Waals surface area contributed by atoms with Gasteiger partial charge in [0.1, 0.15) is 12.4 Å². The van der Waals surface area contributed by atoms with Crippen LogP contribution >= 0.6 is 22.9 Å². The number of halogens is 1. The minimum atomic E-state index is -0.0903. The van der Waals surface area contributed by atoms with Crippen LogP contribution in [0.1, 0.15) is 11.3 Å². The lowest BCUT2D eigenvalue weighted by Crippen LogP contribution is -1.99. The van der Waals surface area contributed by atoms with Gasteiger partial charge < -0.3 is 9.84 Å². The van der Waals surface area contributed by atoms with Gasteiger partial charge in [-0.25, -0.2) is 4.98 Å². The summed E-state index contributed by atoms with van der Waals surface area (Å²) in [5.74, 6) is 0.527. The summed E-state index contributed by atoms with van der Waals surface area (Å²) in [5.41, 5.74) is 3.29. The molecule has 0 spiro atoms. The zero-order chi connectivity index (χ0) is 11.4. The number of para-hydroxylation sites is 1. The van der Waals surface area contributed by atoms with Crippen LogP contribution in [0.5, 0.6) is 5.75 Å². The minimum Gasteiger partial charge on any atom is -0.485 e. The number of hydrogen-bond donors (Lipinski definition) is 1. The van der Waals surface area contributed by atoms with Crippen LogP contribution in [0.25, 0.3) is 0 Å². The van der Waals surface area contributed by atoms with E-state index in [-0.39, 0.29) is 6.61 Å². The van der Waals surface area contributed by atoms with Crippen molar-refractivity contribution in [3.63, 3.8) is 0 Å². The topological polar surface area (TPSA) is 42.4 Å². The second kappa shape index (κ2) is 5.30.